The van der Waals surface area contributed by atoms with Gasteiger partial charge in [0.15, 0.2) is 0 Å². The molecular weight excluding hydrogens is 176 g/mol. The topological polar surface area (TPSA) is 24.5 Å². The maximum Gasteiger partial charge on any atom is 0.0620 e. The number of nitrogens with zero attached hydrogens (tertiary/aromatic N) is 1. The van der Waals surface area contributed by atoms with Crippen molar-refractivity contribution >= 4 is 0 Å². The van der Waals surface area contributed by atoms with Crippen molar-refractivity contribution in [3.05, 3.63) is 0 Å². The second-order valence-corrected chi connectivity index (χ2v) is 4.03. The first-order chi connectivity index (χ1) is 6.77. The zero-order valence-corrected chi connectivity index (χ0v) is 9.75. The fraction of sp³-hybridized carbons (Fsp3) is 1.00. The lowest BCUT2D eigenvalue weighted by Crippen LogP contribution is -2.46. The summed E-state index contributed by atoms with van der Waals surface area (Å²) < 4.78 is 5.45. The molecule has 0 bridgehead atoms. The summed E-state index contributed by atoms with van der Waals surface area (Å²) >= 11 is 0. The molecule has 0 aromatic rings. The minimum Gasteiger partial charge on any atom is -0.379 e. The van der Waals surface area contributed by atoms with E-state index in [1.54, 1.807) is 0 Å². The van der Waals surface area contributed by atoms with Gasteiger partial charge >= 0.3 is 0 Å². The van der Waals surface area contributed by atoms with E-state index in [0.717, 1.165) is 32.8 Å². The largest absolute Gasteiger partial charge is 0.379 e. The number of hydrogen-bond donors (Lipinski definition) is 1. The van der Waals surface area contributed by atoms with Gasteiger partial charge in [0, 0.05) is 18.6 Å². The smallest absolute Gasteiger partial charge is 0.0620 e. The van der Waals surface area contributed by atoms with Crippen molar-refractivity contribution in [1.29, 1.82) is 0 Å². The first-order valence-electron chi connectivity index (χ1n) is 5.83. The zero-order valence-electron chi connectivity index (χ0n) is 9.75. The quantitative estimate of drug-likeness (QED) is 0.719. The Morgan fingerprint density at radius 1 is 1.43 bits per heavy atom. The van der Waals surface area contributed by atoms with Crippen molar-refractivity contribution in [2.45, 2.75) is 39.3 Å². The lowest BCUT2D eigenvalue weighted by molar-refractivity contribution is 0.0630. The van der Waals surface area contributed by atoms with Crippen LogP contribution in [0, 0.1) is 0 Å². The molecule has 0 spiro atoms. The molecule has 84 valence electrons. The van der Waals surface area contributed by atoms with Gasteiger partial charge in [-0.15, -0.1) is 0 Å². The maximum atomic E-state index is 5.45. The number of rotatable bonds is 5. The van der Waals surface area contributed by atoms with E-state index in [1.807, 2.05) is 0 Å². The highest BCUT2D eigenvalue weighted by Crippen LogP contribution is 2.08. The number of morpholine rings is 1. The predicted molar refractivity (Wildman–Crippen MR) is 59.6 cm³/mol. The summed E-state index contributed by atoms with van der Waals surface area (Å²) in [5, 5.41) is 3.50. The summed E-state index contributed by atoms with van der Waals surface area (Å²) in [4.78, 5) is 2.50. The third kappa shape index (κ3) is 3.56. The van der Waals surface area contributed by atoms with Crippen LogP contribution < -0.4 is 5.32 Å². The summed E-state index contributed by atoms with van der Waals surface area (Å²) in [5.74, 6) is 0. The molecule has 2 atom stereocenters. The minimum absolute atomic E-state index is 0.555. The molecule has 1 heterocycles. The van der Waals surface area contributed by atoms with Crippen molar-refractivity contribution in [2.75, 3.05) is 32.8 Å². The second-order valence-electron chi connectivity index (χ2n) is 4.03. The van der Waals surface area contributed by atoms with Crippen LogP contribution in [0.25, 0.3) is 0 Å². The molecule has 0 aliphatic carbocycles. The highest BCUT2D eigenvalue weighted by molar-refractivity contribution is 4.76. The number of ether oxygens (including phenoxy) is 1. The first-order valence-corrected chi connectivity index (χ1v) is 5.83. The Labute approximate surface area is 87.8 Å². The molecule has 1 saturated heterocycles. The standard InChI is InChI=1S/C11H24N2O/c1-4-13(5-2)10(3)8-11-9-14-7-6-12-11/h10-12H,4-9H2,1-3H3. The summed E-state index contributed by atoms with van der Waals surface area (Å²) in [6.07, 6.45) is 1.20. The summed E-state index contributed by atoms with van der Waals surface area (Å²) in [5.41, 5.74) is 0. The van der Waals surface area contributed by atoms with Crippen molar-refractivity contribution in [1.82, 2.24) is 10.2 Å². The molecule has 0 aromatic heterocycles. The molecule has 0 radical (unpaired) electrons. The molecule has 3 heteroatoms. The van der Waals surface area contributed by atoms with Gasteiger partial charge in [-0.05, 0) is 26.4 Å². The molecule has 0 amide bonds. The highest BCUT2D eigenvalue weighted by Gasteiger charge is 2.18. The Morgan fingerprint density at radius 2 is 2.14 bits per heavy atom. The Kier molecular flexibility index (Phi) is 5.45. The Balaban J connectivity index is 2.26. The Bertz CT molecular complexity index is 142. The molecule has 0 aromatic carbocycles. The van der Waals surface area contributed by atoms with Crippen LogP contribution in [0.15, 0.2) is 0 Å². The van der Waals surface area contributed by atoms with E-state index >= 15 is 0 Å². The fourth-order valence-electron chi connectivity index (χ4n) is 2.18. The average molecular weight is 200 g/mol. The van der Waals surface area contributed by atoms with E-state index in [2.05, 4.69) is 31.0 Å². The third-order valence-corrected chi connectivity index (χ3v) is 3.06. The average Bonchev–Trinajstić information content (AvgIpc) is 2.21. The zero-order chi connectivity index (χ0) is 10.4. The van der Waals surface area contributed by atoms with E-state index in [1.165, 1.54) is 6.42 Å². The van der Waals surface area contributed by atoms with Gasteiger partial charge in [0.2, 0.25) is 0 Å². The predicted octanol–water partition coefficient (Wildman–Crippen LogP) is 1.10. The molecular formula is C11H24N2O. The molecule has 1 N–H and O–H groups in total. The molecule has 2 unspecified atom stereocenters. The fourth-order valence-corrected chi connectivity index (χ4v) is 2.18. The van der Waals surface area contributed by atoms with Crippen LogP contribution in [0.3, 0.4) is 0 Å². The van der Waals surface area contributed by atoms with Crippen LogP contribution in [0.5, 0.6) is 0 Å². The highest BCUT2D eigenvalue weighted by atomic mass is 16.5. The molecule has 1 aliphatic heterocycles. The van der Waals surface area contributed by atoms with Gasteiger partial charge in [-0.2, -0.15) is 0 Å². The Morgan fingerprint density at radius 3 is 2.64 bits per heavy atom. The molecule has 3 nitrogen and oxygen atoms in total. The van der Waals surface area contributed by atoms with Crippen molar-refractivity contribution in [3.63, 3.8) is 0 Å². The van der Waals surface area contributed by atoms with Gasteiger partial charge in [0.1, 0.15) is 0 Å². The number of hydrogen-bond acceptors (Lipinski definition) is 3. The van der Waals surface area contributed by atoms with Crippen molar-refractivity contribution in [3.8, 4) is 0 Å². The lowest BCUT2D eigenvalue weighted by atomic mass is 10.1. The van der Waals surface area contributed by atoms with Gasteiger partial charge in [-0.1, -0.05) is 13.8 Å². The van der Waals surface area contributed by atoms with Crippen LogP contribution in [0.1, 0.15) is 27.2 Å². The summed E-state index contributed by atoms with van der Waals surface area (Å²) in [7, 11) is 0. The van der Waals surface area contributed by atoms with Gasteiger partial charge in [-0.3, -0.25) is 0 Å². The molecule has 1 aliphatic rings. The molecule has 14 heavy (non-hydrogen) atoms. The monoisotopic (exact) mass is 200 g/mol. The minimum atomic E-state index is 0.555. The van der Waals surface area contributed by atoms with E-state index in [-0.39, 0.29) is 0 Å². The van der Waals surface area contributed by atoms with E-state index < -0.39 is 0 Å². The summed E-state index contributed by atoms with van der Waals surface area (Å²) in [6, 6.07) is 1.21. The van der Waals surface area contributed by atoms with Gasteiger partial charge in [0.25, 0.3) is 0 Å². The molecule has 0 saturated carbocycles. The normalized spacial score (nSPS) is 25.3. The van der Waals surface area contributed by atoms with Crippen molar-refractivity contribution in [2.24, 2.45) is 0 Å². The van der Waals surface area contributed by atoms with Crippen LogP contribution in [-0.4, -0.2) is 49.8 Å². The van der Waals surface area contributed by atoms with Crippen LogP contribution in [0.4, 0.5) is 0 Å². The van der Waals surface area contributed by atoms with Gasteiger partial charge in [0.05, 0.1) is 13.2 Å². The SMILES string of the molecule is CCN(CC)C(C)CC1COCCN1. The van der Waals surface area contributed by atoms with E-state index in [9.17, 15) is 0 Å². The number of nitrogens with one attached hydrogen (secondary N) is 1. The molecule has 1 rings (SSSR count). The lowest BCUT2D eigenvalue weighted by Gasteiger charge is -2.32. The van der Waals surface area contributed by atoms with Crippen LogP contribution in [-0.2, 0) is 4.74 Å². The van der Waals surface area contributed by atoms with Gasteiger partial charge in [-0.25, -0.2) is 0 Å². The third-order valence-electron chi connectivity index (χ3n) is 3.06. The van der Waals surface area contributed by atoms with E-state index in [0.29, 0.717) is 12.1 Å². The second kappa shape index (κ2) is 6.38. The van der Waals surface area contributed by atoms with Crippen LogP contribution in [0.2, 0.25) is 0 Å². The Hall–Kier alpha value is -0.120. The first kappa shape index (κ1) is 12.0. The van der Waals surface area contributed by atoms with E-state index in [4.69, 9.17) is 4.74 Å². The summed E-state index contributed by atoms with van der Waals surface area (Å²) in [6.45, 7) is 11.8. The van der Waals surface area contributed by atoms with Gasteiger partial charge < -0.3 is 15.0 Å². The molecule has 1 fully saturated rings. The maximum absolute atomic E-state index is 5.45. The van der Waals surface area contributed by atoms with Crippen LogP contribution >= 0.6 is 0 Å². The van der Waals surface area contributed by atoms with Crippen molar-refractivity contribution < 1.29 is 4.74 Å².